The Balaban J connectivity index is 1.37. The van der Waals surface area contributed by atoms with Crippen LogP contribution in [0.15, 0.2) is 42.9 Å². The van der Waals surface area contributed by atoms with Crippen LogP contribution in [0.3, 0.4) is 0 Å². The number of rotatable bonds is 6. The molecule has 1 saturated heterocycles. The Kier molecular flexibility index (Phi) is 5.97. The van der Waals surface area contributed by atoms with Gasteiger partial charge in [0.2, 0.25) is 0 Å². The van der Waals surface area contributed by atoms with Crippen molar-refractivity contribution in [3.63, 3.8) is 0 Å². The summed E-state index contributed by atoms with van der Waals surface area (Å²) in [4.78, 5) is 40.0. The molecule has 1 fully saturated rings. The predicted octanol–water partition coefficient (Wildman–Crippen LogP) is 2.72. The average molecular weight is 529 g/mol. The molecule has 4 aromatic rings. The van der Waals surface area contributed by atoms with Crippen LogP contribution in [0.2, 0.25) is 0 Å². The quantitative estimate of drug-likeness (QED) is 0.400. The number of fused-ring (bicyclic) bond motifs is 1. The maximum absolute atomic E-state index is 13.8. The maximum atomic E-state index is 13.8. The number of carboxylic acid groups (broad SMARTS) is 1. The number of hydrogen-bond donors (Lipinski definition) is 1. The van der Waals surface area contributed by atoms with Gasteiger partial charge in [0.05, 0.1) is 30.5 Å². The van der Waals surface area contributed by atoms with E-state index in [1.165, 1.54) is 11.9 Å². The smallest absolute Gasteiger partial charge is 0.407 e. The molecule has 6 heterocycles. The zero-order valence-corrected chi connectivity index (χ0v) is 21.9. The first-order valence-electron chi connectivity index (χ1n) is 12.7. The van der Waals surface area contributed by atoms with Crippen LogP contribution >= 0.6 is 0 Å². The number of carbonyl (C=O) groups excluding carboxylic acids is 1. The first-order chi connectivity index (χ1) is 18.8. The molecule has 4 aromatic heterocycles. The van der Waals surface area contributed by atoms with Crippen molar-refractivity contribution < 1.29 is 14.7 Å². The fourth-order valence-corrected chi connectivity index (χ4v) is 5.26. The minimum Gasteiger partial charge on any atom is -0.465 e. The van der Waals surface area contributed by atoms with Crippen molar-refractivity contribution in [1.29, 1.82) is 0 Å². The van der Waals surface area contributed by atoms with Gasteiger partial charge in [-0.3, -0.25) is 18.9 Å². The van der Waals surface area contributed by atoms with Crippen molar-refractivity contribution >= 4 is 23.6 Å². The Morgan fingerprint density at radius 3 is 2.77 bits per heavy atom. The highest BCUT2D eigenvalue weighted by Crippen LogP contribution is 2.34. The van der Waals surface area contributed by atoms with Gasteiger partial charge < -0.3 is 14.9 Å². The highest BCUT2D eigenvalue weighted by atomic mass is 16.4. The first kappa shape index (κ1) is 24.5. The molecule has 2 aliphatic rings. The molecule has 0 aromatic carbocycles. The second-order valence-electron chi connectivity index (χ2n) is 9.89. The molecule has 6 rings (SSSR count). The third-order valence-electron chi connectivity index (χ3n) is 7.38. The summed E-state index contributed by atoms with van der Waals surface area (Å²) in [7, 11) is 3.33. The van der Waals surface area contributed by atoms with Gasteiger partial charge in [-0.1, -0.05) is 6.07 Å². The standard InChI is InChI=1S/C26H28N10O3/c1-16-6-5-11-34(16)22-12-17-18(20(30-22)14-32(2)26(38)39)13-35(25(17)37)21-8-4-7-19(29-21)24-31-27-15-36(24)23-9-10-28-33(23)3/h4,7-10,12,15-16H,5-6,11,13-14H2,1-3H3,(H,38,39)/t16-/m1/s1. The summed E-state index contributed by atoms with van der Waals surface area (Å²) >= 11 is 0. The van der Waals surface area contributed by atoms with Crippen LogP contribution in [-0.4, -0.2) is 76.2 Å². The molecule has 2 amide bonds. The summed E-state index contributed by atoms with van der Waals surface area (Å²) in [6, 6.07) is 9.40. The molecule has 13 nitrogen and oxygen atoms in total. The maximum Gasteiger partial charge on any atom is 0.407 e. The fourth-order valence-electron chi connectivity index (χ4n) is 5.26. The summed E-state index contributed by atoms with van der Waals surface area (Å²) in [5, 5.41) is 22.1. The largest absolute Gasteiger partial charge is 0.465 e. The van der Waals surface area contributed by atoms with Gasteiger partial charge in [-0.2, -0.15) is 5.10 Å². The summed E-state index contributed by atoms with van der Waals surface area (Å²) in [6.45, 7) is 3.31. The Morgan fingerprint density at radius 1 is 1.21 bits per heavy atom. The number of amides is 2. The molecule has 0 unspecified atom stereocenters. The van der Waals surface area contributed by atoms with E-state index in [4.69, 9.17) is 9.97 Å². The highest BCUT2D eigenvalue weighted by molar-refractivity contribution is 6.10. The van der Waals surface area contributed by atoms with E-state index >= 15 is 0 Å². The number of carbonyl (C=O) groups is 2. The van der Waals surface area contributed by atoms with Crippen LogP contribution in [0.5, 0.6) is 0 Å². The monoisotopic (exact) mass is 528 g/mol. The van der Waals surface area contributed by atoms with Crippen LogP contribution in [0, 0.1) is 0 Å². The first-order valence-corrected chi connectivity index (χ1v) is 12.7. The molecule has 0 aliphatic carbocycles. The molecule has 2 aliphatic heterocycles. The molecule has 39 heavy (non-hydrogen) atoms. The molecule has 0 spiro atoms. The van der Waals surface area contributed by atoms with E-state index in [0.29, 0.717) is 46.0 Å². The Labute approximate surface area is 224 Å². The number of hydrogen-bond acceptors (Lipinski definition) is 8. The van der Waals surface area contributed by atoms with Crippen LogP contribution in [0.25, 0.3) is 17.3 Å². The van der Waals surface area contributed by atoms with E-state index in [1.54, 1.807) is 32.7 Å². The molecule has 0 saturated carbocycles. The molecular formula is C26H28N10O3. The van der Waals surface area contributed by atoms with Crippen molar-refractivity contribution in [3.8, 4) is 17.3 Å². The minimum atomic E-state index is -1.06. The van der Waals surface area contributed by atoms with Gasteiger partial charge in [-0.05, 0) is 38.0 Å². The van der Waals surface area contributed by atoms with Crippen LogP contribution in [0.4, 0.5) is 16.4 Å². The molecule has 200 valence electrons. The van der Waals surface area contributed by atoms with Crippen molar-refractivity contribution in [2.75, 3.05) is 23.4 Å². The molecule has 0 radical (unpaired) electrons. The lowest BCUT2D eigenvalue weighted by molar-refractivity contribution is 0.0996. The topological polar surface area (TPSA) is 138 Å². The number of nitrogens with zero attached hydrogens (tertiary/aromatic N) is 10. The number of anilines is 2. The van der Waals surface area contributed by atoms with Gasteiger partial charge in [0.15, 0.2) is 5.82 Å². The lowest BCUT2D eigenvalue weighted by Gasteiger charge is -2.24. The zero-order chi connectivity index (χ0) is 27.3. The normalized spacial score (nSPS) is 16.7. The SMILES string of the molecule is C[C@@H]1CCCN1c1cc2c(c(CN(C)C(=O)O)n1)CN(c1cccc(-c3nncn3-c3ccnn3C)n1)C2=O. The van der Waals surface area contributed by atoms with Gasteiger partial charge in [0, 0.05) is 38.3 Å². The van der Waals surface area contributed by atoms with Gasteiger partial charge in [0.1, 0.15) is 29.5 Å². The summed E-state index contributed by atoms with van der Waals surface area (Å²) in [6.07, 6.45) is 4.31. The number of aromatic nitrogens is 7. The lowest BCUT2D eigenvalue weighted by Crippen LogP contribution is -2.29. The number of pyridine rings is 2. The molecular weight excluding hydrogens is 500 g/mol. The Hall–Kier alpha value is -4.81. The van der Waals surface area contributed by atoms with Crippen molar-refractivity contribution in [3.05, 3.63) is 59.7 Å². The van der Waals surface area contributed by atoms with E-state index in [9.17, 15) is 14.7 Å². The third kappa shape index (κ3) is 4.25. The van der Waals surface area contributed by atoms with Gasteiger partial charge in [-0.15, -0.1) is 10.2 Å². The molecule has 13 heteroatoms. The van der Waals surface area contributed by atoms with E-state index in [0.717, 1.165) is 25.2 Å². The molecule has 1 N–H and O–H groups in total. The minimum absolute atomic E-state index is 0.0795. The second kappa shape index (κ2) is 9.49. The average Bonchev–Trinajstić information content (AvgIpc) is 3.71. The molecule has 0 bridgehead atoms. The van der Waals surface area contributed by atoms with Gasteiger partial charge in [-0.25, -0.2) is 14.8 Å². The Morgan fingerprint density at radius 2 is 2.05 bits per heavy atom. The second-order valence-corrected chi connectivity index (χ2v) is 9.89. The van der Waals surface area contributed by atoms with Crippen molar-refractivity contribution in [2.45, 2.75) is 38.9 Å². The van der Waals surface area contributed by atoms with Gasteiger partial charge in [0.25, 0.3) is 5.91 Å². The Bertz CT molecular complexity index is 1580. The summed E-state index contributed by atoms with van der Waals surface area (Å²) < 4.78 is 3.49. The van der Waals surface area contributed by atoms with Crippen LogP contribution < -0.4 is 9.80 Å². The zero-order valence-electron chi connectivity index (χ0n) is 21.9. The molecule has 1 atom stereocenters. The van der Waals surface area contributed by atoms with E-state index in [1.807, 2.05) is 31.3 Å². The van der Waals surface area contributed by atoms with Crippen LogP contribution in [-0.2, 0) is 20.1 Å². The van der Waals surface area contributed by atoms with Crippen molar-refractivity contribution in [1.82, 2.24) is 39.4 Å². The summed E-state index contributed by atoms with van der Waals surface area (Å²) in [5.41, 5.74) is 2.37. The summed E-state index contributed by atoms with van der Waals surface area (Å²) in [5.74, 6) is 2.25. The van der Waals surface area contributed by atoms with Crippen LogP contribution in [0.1, 0.15) is 41.4 Å². The fraction of sp³-hybridized carbons (Fsp3) is 0.346. The van der Waals surface area contributed by atoms with E-state index in [2.05, 4.69) is 27.1 Å². The highest BCUT2D eigenvalue weighted by Gasteiger charge is 2.35. The number of aryl methyl sites for hydroxylation is 1. The van der Waals surface area contributed by atoms with Gasteiger partial charge >= 0.3 is 6.09 Å². The lowest BCUT2D eigenvalue weighted by atomic mass is 10.1. The third-order valence-corrected chi connectivity index (χ3v) is 7.38. The van der Waals surface area contributed by atoms with Crippen molar-refractivity contribution in [2.24, 2.45) is 7.05 Å². The van der Waals surface area contributed by atoms with E-state index < -0.39 is 6.09 Å². The predicted molar refractivity (Wildman–Crippen MR) is 142 cm³/mol. The van der Waals surface area contributed by atoms with E-state index in [-0.39, 0.29) is 19.0 Å².